The lowest BCUT2D eigenvalue weighted by Gasteiger charge is -2.18. The van der Waals surface area contributed by atoms with Crippen LogP contribution in [0.1, 0.15) is 22.0 Å². The van der Waals surface area contributed by atoms with Crippen LogP contribution in [-0.2, 0) is 4.79 Å². The summed E-state index contributed by atoms with van der Waals surface area (Å²) in [4.78, 5) is 24.4. The number of nitrogens with one attached hydrogen (secondary N) is 2. The van der Waals surface area contributed by atoms with E-state index in [1.54, 1.807) is 0 Å². The van der Waals surface area contributed by atoms with Gasteiger partial charge in [0.15, 0.2) is 11.6 Å². The first-order valence-electron chi connectivity index (χ1n) is 6.76. The van der Waals surface area contributed by atoms with Gasteiger partial charge in [-0.05, 0) is 35.9 Å². The molecule has 0 radical (unpaired) electrons. The topological polar surface area (TPSA) is 58.2 Å². The SMILES string of the molecule is CNC(=O)C(NC(=O)c1ccc(Cl)cc1Cl)c1ccc(F)c(F)c1. The second kappa shape index (κ2) is 7.59. The van der Waals surface area contributed by atoms with Crippen LogP contribution in [0.2, 0.25) is 10.0 Å². The van der Waals surface area contributed by atoms with Crippen LogP contribution in [0, 0.1) is 11.6 Å². The summed E-state index contributed by atoms with van der Waals surface area (Å²) >= 11 is 11.7. The van der Waals surface area contributed by atoms with Crippen LogP contribution >= 0.6 is 23.2 Å². The van der Waals surface area contributed by atoms with Crippen LogP contribution in [0.5, 0.6) is 0 Å². The molecule has 0 aliphatic rings. The minimum absolute atomic E-state index is 0.0895. The van der Waals surface area contributed by atoms with Gasteiger partial charge in [0.05, 0.1) is 10.6 Å². The highest BCUT2D eigenvalue weighted by molar-refractivity contribution is 6.36. The van der Waals surface area contributed by atoms with E-state index in [2.05, 4.69) is 10.6 Å². The average Bonchev–Trinajstić information content (AvgIpc) is 2.54. The van der Waals surface area contributed by atoms with Crippen molar-refractivity contribution in [2.45, 2.75) is 6.04 Å². The molecule has 0 aliphatic carbocycles. The van der Waals surface area contributed by atoms with Crippen molar-refractivity contribution in [3.8, 4) is 0 Å². The Hall–Kier alpha value is -2.18. The zero-order chi connectivity index (χ0) is 17.9. The molecule has 2 aromatic rings. The van der Waals surface area contributed by atoms with E-state index in [0.29, 0.717) is 5.02 Å². The first-order chi connectivity index (χ1) is 11.3. The van der Waals surface area contributed by atoms with Crippen LogP contribution in [0.3, 0.4) is 0 Å². The Morgan fingerprint density at radius 1 is 1.04 bits per heavy atom. The van der Waals surface area contributed by atoms with Crippen molar-refractivity contribution in [2.75, 3.05) is 7.05 Å². The molecule has 0 aliphatic heterocycles. The molecular weight excluding hydrogens is 361 g/mol. The fourth-order valence-electron chi connectivity index (χ4n) is 2.02. The van der Waals surface area contributed by atoms with Crippen LogP contribution in [0.15, 0.2) is 36.4 Å². The van der Waals surface area contributed by atoms with Crippen LogP contribution in [-0.4, -0.2) is 18.9 Å². The monoisotopic (exact) mass is 372 g/mol. The van der Waals surface area contributed by atoms with E-state index in [0.717, 1.165) is 12.1 Å². The average molecular weight is 373 g/mol. The number of carbonyl (C=O) groups is 2. The number of hydrogen-bond donors (Lipinski definition) is 2. The molecule has 4 nitrogen and oxygen atoms in total. The van der Waals surface area contributed by atoms with Gasteiger partial charge in [0, 0.05) is 12.1 Å². The summed E-state index contributed by atoms with van der Waals surface area (Å²) in [5.74, 6) is -3.43. The predicted molar refractivity (Wildman–Crippen MR) is 87.1 cm³/mol. The predicted octanol–water partition coefficient (Wildman–Crippen LogP) is 3.49. The third kappa shape index (κ3) is 4.01. The van der Waals surface area contributed by atoms with Crippen molar-refractivity contribution in [1.29, 1.82) is 0 Å². The van der Waals surface area contributed by atoms with E-state index < -0.39 is 29.5 Å². The summed E-state index contributed by atoms with van der Waals surface area (Å²) in [7, 11) is 1.36. The highest BCUT2D eigenvalue weighted by Crippen LogP contribution is 2.23. The van der Waals surface area contributed by atoms with E-state index in [4.69, 9.17) is 23.2 Å². The summed E-state index contributed by atoms with van der Waals surface area (Å²) in [6, 6.07) is 5.96. The Kier molecular flexibility index (Phi) is 5.75. The maximum absolute atomic E-state index is 13.4. The van der Waals surface area contributed by atoms with Crippen LogP contribution in [0.4, 0.5) is 8.78 Å². The molecule has 0 bridgehead atoms. The number of halogens is 4. The number of carbonyl (C=O) groups excluding carboxylic acids is 2. The van der Waals surface area contributed by atoms with Crippen molar-refractivity contribution in [3.63, 3.8) is 0 Å². The van der Waals surface area contributed by atoms with Crippen molar-refractivity contribution >= 4 is 35.0 Å². The van der Waals surface area contributed by atoms with Crippen LogP contribution in [0.25, 0.3) is 0 Å². The lowest BCUT2D eigenvalue weighted by Crippen LogP contribution is -2.39. The fraction of sp³-hybridized carbons (Fsp3) is 0.125. The minimum Gasteiger partial charge on any atom is -0.357 e. The highest BCUT2D eigenvalue weighted by atomic mass is 35.5. The van der Waals surface area contributed by atoms with Crippen molar-refractivity contribution in [2.24, 2.45) is 0 Å². The van der Waals surface area contributed by atoms with E-state index in [1.807, 2.05) is 0 Å². The first-order valence-corrected chi connectivity index (χ1v) is 7.51. The molecule has 126 valence electrons. The quantitative estimate of drug-likeness (QED) is 0.862. The van der Waals surface area contributed by atoms with E-state index in [9.17, 15) is 18.4 Å². The van der Waals surface area contributed by atoms with Crippen molar-refractivity contribution < 1.29 is 18.4 Å². The molecule has 2 rings (SSSR count). The first kappa shape index (κ1) is 18.2. The molecule has 24 heavy (non-hydrogen) atoms. The molecule has 0 saturated carbocycles. The summed E-state index contributed by atoms with van der Waals surface area (Å²) in [5, 5.41) is 5.24. The maximum atomic E-state index is 13.4. The molecule has 0 spiro atoms. The van der Waals surface area contributed by atoms with Gasteiger partial charge in [-0.25, -0.2) is 8.78 Å². The smallest absolute Gasteiger partial charge is 0.253 e. The number of likely N-dealkylation sites (N-methyl/N-ethyl adjacent to an activating group) is 1. The summed E-state index contributed by atoms with van der Waals surface area (Å²) in [5.41, 5.74) is 0.184. The number of benzene rings is 2. The van der Waals surface area contributed by atoms with Gasteiger partial charge in [-0.1, -0.05) is 29.3 Å². The molecule has 0 fully saturated rings. The third-order valence-electron chi connectivity index (χ3n) is 3.24. The Labute approximate surface area is 146 Å². The van der Waals surface area contributed by atoms with Gasteiger partial charge in [-0.15, -0.1) is 0 Å². The number of hydrogen-bond acceptors (Lipinski definition) is 2. The molecule has 1 atom stereocenters. The zero-order valence-electron chi connectivity index (χ0n) is 12.4. The van der Waals surface area contributed by atoms with Gasteiger partial charge in [0.25, 0.3) is 5.91 Å². The van der Waals surface area contributed by atoms with E-state index >= 15 is 0 Å². The molecule has 0 heterocycles. The molecule has 2 amide bonds. The molecule has 2 N–H and O–H groups in total. The summed E-state index contributed by atoms with van der Waals surface area (Å²) < 4.78 is 26.5. The third-order valence-corrected chi connectivity index (χ3v) is 3.78. The number of rotatable bonds is 4. The van der Waals surface area contributed by atoms with Gasteiger partial charge < -0.3 is 10.6 Å². The number of amides is 2. The fourth-order valence-corrected chi connectivity index (χ4v) is 2.51. The Bertz CT molecular complexity index is 800. The normalized spacial score (nSPS) is 11.7. The highest BCUT2D eigenvalue weighted by Gasteiger charge is 2.24. The second-order valence-electron chi connectivity index (χ2n) is 4.82. The second-order valence-corrected chi connectivity index (χ2v) is 5.66. The van der Waals surface area contributed by atoms with Gasteiger partial charge in [-0.2, -0.15) is 0 Å². The van der Waals surface area contributed by atoms with Gasteiger partial charge in [0.2, 0.25) is 5.91 Å². The Balaban J connectivity index is 2.33. The maximum Gasteiger partial charge on any atom is 0.253 e. The van der Waals surface area contributed by atoms with Gasteiger partial charge in [-0.3, -0.25) is 9.59 Å². The van der Waals surface area contributed by atoms with E-state index in [1.165, 1.54) is 31.3 Å². The summed E-state index contributed by atoms with van der Waals surface area (Å²) in [6.45, 7) is 0. The molecule has 8 heteroatoms. The minimum atomic E-state index is -1.22. The van der Waals surface area contributed by atoms with E-state index in [-0.39, 0.29) is 16.1 Å². The van der Waals surface area contributed by atoms with Crippen molar-refractivity contribution in [3.05, 3.63) is 69.2 Å². The largest absolute Gasteiger partial charge is 0.357 e. The summed E-state index contributed by atoms with van der Waals surface area (Å²) in [6.07, 6.45) is 0. The molecule has 1 unspecified atom stereocenters. The van der Waals surface area contributed by atoms with Crippen molar-refractivity contribution in [1.82, 2.24) is 10.6 Å². The zero-order valence-corrected chi connectivity index (χ0v) is 13.9. The molecule has 0 aromatic heterocycles. The lowest BCUT2D eigenvalue weighted by molar-refractivity contribution is -0.122. The molecule has 2 aromatic carbocycles. The molecular formula is C16H12Cl2F2N2O2. The van der Waals surface area contributed by atoms with Gasteiger partial charge in [0.1, 0.15) is 6.04 Å². The molecule has 0 saturated heterocycles. The lowest BCUT2D eigenvalue weighted by atomic mass is 10.0. The van der Waals surface area contributed by atoms with Crippen LogP contribution < -0.4 is 10.6 Å². The van der Waals surface area contributed by atoms with Gasteiger partial charge >= 0.3 is 0 Å². The standard InChI is InChI=1S/C16H12Cl2F2N2O2/c1-21-16(24)14(8-2-5-12(19)13(20)6-8)22-15(23)10-4-3-9(17)7-11(10)18/h2-7,14H,1H3,(H,21,24)(H,22,23). The Morgan fingerprint density at radius 3 is 2.33 bits per heavy atom. The Morgan fingerprint density at radius 2 is 1.75 bits per heavy atom.